The summed E-state index contributed by atoms with van der Waals surface area (Å²) in [6.45, 7) is 8.64. The van der Waals surface area contributed by atoms with Gasteiger partial charge >= 0.3 is 0 Å². The number of rotatable bonds is 29. The second-order valence-electron chi connectivity index (χ2n) is 12.0. The number of aliphatic hydroxyl groups excluding tert-OH is 2. The van der Waals surface area contributed by atoms with Crippen molar-refractivity contribution in [3.05, 3.63) is 0 Å². The maximum absolute atomic E-state index is 10.9. The van der Waals surface area contributed by atoms with E-state index < -0.39 is 30.7 Å². The fraction of sp³-hybridized carbons (Fsp3) is 1.00. The lowest BCUT2D eigenvalue weighted by Gasteiger charge is -2.42. The zero-order valence-corrected chi connectivity index (χ0v) is 26.8. The lowest BCUT2D eigenvalue weighted by Crippen LogP contribution is -2.60. The third-order valence-electron chi connectivity index (χ3n) is 8.16. The van der Waals surface area contributed by atoms with Crippen LogP contribution >= 0.6 is 0 Å². The molecule has 0 aliphatic carbocycles. The van der Waals surface area contributed by atoms with Crippen LogP contribution in [0.25, 0.3) is 0 Å². The van der Waals surface area contributed by atoms with Gasteiger partial charge in [-0.1, -0.05) is 143 Å². The molecule has 1 heterocycles. The number of aliphatic hydroxyl groups is 2. The van der Waals surface area contributed by atoms with Gasteiger partial charge in [0.2, 0.25) is 0 Å². The van der Waals surface area contributed by atoms with Gasteiger partial charge in [0.05, 0.1) is 6.61 Å². The van der Waals surface area contributed by atoms with Crippen molar-refractivity contribution in [2.24, 2.45) is 0 Å². The van der Waals surface area contributed by atoms with Gasteiger partial charge in [0.25, 0.3) is 0 Å². The van der Waals surface area contributed by atoms with Gasteiger partial charge < -0.3 is 29.2 Å². The van der Waals surface area contributed by atoms with Crippen molar-refractivity contribution in [3.8, 4) is 0 Å². The zero-order chi connectivity index (χ0) is 29.1. The van der Waals surface area contributed by atoms with Crippen LogP contribution in [0.15, 0.2) is 0 Å². The van der Waals surface area contributed by atoms with E-state index in [0.717, 1.165) is 32.1 Å². The predicted molar refractivity (Wildman–Crippen MR) is 166 cm³/mol. The smallest absolute Gasteiger partial charge is 0.186 e. The van der Waals surface area contributed by atoms with Crippen LogP contribution in [-0.4, -0.2) is 67.3 Å². The monoisotopic (exact) mass is 573 g/mol. The Morgan fingerprint density at radius 1 is 0.475 bits per heavy atom. The lowest BCUT2D eigenvalue weighted by atomic mass is 9.99. The molecule has 1 fully saturated rings. The fourth-order valence-electron chi connectivity index (χ4n) is 5.40. The summed E-state index contributed by atoms with van der Waals surface area (Å²) in [4.78, 5) is 0. The summed E-state index contributed by atoms with van der Waals surface area (Å²) < 4.78 is 24.0. The molecular formula is C34H68O6. The van der Waals surface area contributed by atoms with Gasteiger partial charge in [-0.3, -0.25) is 0 Å². The van der Waals surface area contributed by atoms with Crippen molar-refractivity contribution < 1.29 is 29.2 Å². The minimum Gasteiger partial charge on any atom is -0.387 e. The van der Waals surface area contributed by atoms with E-state index >= 15 is 0 Å². The molecule has 1 saturated heterocycles. The topological polar surface area (TPSA) is 77.4 Å². The molecule has 1 aliphatic rings. The van der Waals surface area contributed by atoms with Crippen molar-refractivity contribution in [3.63, 3.8) is 0 Å². The minimum atomic E-state index is -1.05. The van der Waals surface area contributed by atoms with E-state index in [1.165, 1.54) is 109 Å². The molecule has 0 saturated carbocycles. The van der Waals surface area contributed by atoms with Crippen molar-refractivity contribution in [1.29, 1.82) is 0 Å². The molecule has 0 bridgehead atoms. The molecule has 5 atom stereocenters. The van der Waals surface area contributed by atoms with Gasteiger partial charge in [0.15, 0.2) is 6.29 Å². The Morgan fingerprint density at radius 3 is 1.40 bits per heavy atom. The molecule has 0 radical (unpaired) electrons. The fourth-order valence-corrected chi connectivity index (χ4v) is 5.40. The van der Waals surface area contributed by atoms with Crippen LogP contribution in [0.1, 0.15) is 162 Å². The second kappa shape index (κ2) is 27.6. The standard InChI is InChI=1S/C34H68O6/c1-4-7-10-12-14-16-18-20-22-24-26-37-29-30-31(35)32(36)33(34(40-30)39-27-9-6-3)38-28-25-23-21-19-17-15-13-11-8-5-2/h30-36H,4-29H2,1-3H3/t30-,31-,32+,33-,34+/m1/s1. The van der Waals surface area contributed by atoms with Gasteiger partial charge in [0, 0.05) is 19.8 Å². The Morgan fingerprint density at radius 2 is 0.900 bits per heavy atom. The van der Waals surface area contributed by atoms with E-state index in [4.69, 9.17) is 18.9 Å². The molecule has 0 amide bonds. The van der Waals surface area contributed by atoms with Crippen LogP contribution in [0.2, 0.25) is 0 Å². The lowest BCUT2D eigenvalue weighted by molar-refractivity contribution is -0.311. The average molecular weight is 573 g/mol. The average Bonchev–Trinajstić information content (AvgIpc) is 2.96. The van der Waals surface area contributed by atoms with E-state index in [1.54, 1.807) is 0 Å². The van der Waals surface area contributed by atoms with Crippen LogP contribution in [0.4, 0.5) is 0 Å². The highest BCUT2D eigenvalue weighted by Gasteiger charge is 2.45. The van der Waals surface area contributed by atoms with Crippen molar-refractivity contribution >= 4 is 0 Å². The van der Waals surface area contributed by atoms with Crippen LogP contribution < -0.4 is 0 Å². The summed E-state index contributed by atoms with van der Waals surface area (Å²) in [7, 11) is 0. The van der Waals surface area contributed by atoms with Gasteiger partial charge in [0.1, 0.15) is 24.4 Å². The molecule has 2 N–H and O–H groups in total. The SMILES string of the molecule is CCCCCCCCCCCCOC[C@H]1O[C@H](OCCCC)[C@H](OCCCCCCCCCCCC)[C@@H](O)[C@@H]1O. The summed E-state index contributed by atoms with van der Waals surface area (Å²) in [5.74, 6) is 0. The molecule has 0 aromatic carbocycles. The van der Waals surface area contributed by atoms with E-state index in [2.05, 4.69) is 20.8 Å². The number of unbranched alkanes of at least 4 members (excludes halogenated alkanes) is 19. The van der Waals surface area contributed by atoms with Crippen LogP contribution in [0, 0.1) is 0 Å². The molecule has 0 aromatic rings. The first-order chi connectivity index (χ1) is 19.7. The summed E-state index contributed by atoms with van der Waals surface area (Å²) in [5, 5.41) is 21.7. The van der Waals surface area contributed by atoms with E-state index in [-0.39, 0.29) is 6.61 Å². The van der Waals surface area contributed by atoms with E-state index in [1.807, 2.05) is 0 Å². The van der Waals surface area contributed by atoms with Crippen molar-refractivity contribution in [2.45, 2.75) is 193 Å². The Balaban J connectivity index is 2.25. The third-order valence-corrected chi connectivity index (χ3v) is 8.16. The second-order valence-corrected chi connectivity index (χ2v) is 12.0. The molecule has 240 valence electrons. The molecule has 0 aromatic heterocycles. The zero-order valence-electron chi connectivity index (χ0n) is 26.8. The van der Waals surface area contributed by atoms with Gasteiger partial charge in [-0.05, 0) is 19.3 Å². The minimum absolute atomic E-state index is 0.258. The Labute approximate surface area is 248 Å². The van der Waals surface area contributed by atoms with Crippen LogP contribution in [0.3, 0.4) is 0 Å². The largest absolute Gasteiger partial charge is 0.387 e. The van der Waals surface area contributed by atoms with Gasteiger partial charge in [-0.2, -0.15) is 0 Å². The number of hydrogen-bond donors (Lipinski definition) is 2. The number of ether oxygens (including phenoxy) is 4. The molecule has 0 unspecified atom stereocenters. The Hall–Kier alpha value is -0.240. The van der Waals surface area contributed by atoms with Crippen molar-refractivity contribution in [1.82, 2.24) is 0 Å². The molecule has 0 spiro atoms. The van der Waals surface area contributed by atoms with Gasteiger partial charge in [-0.15, -0.1) is 0 Å². The normalized spacial score (nSPS) is 23.2. The van der Waals surface area contributed by atoms with Crippen LogP contribution in [0.5, 0.6) is 0 Å². The maximum atomic E-state index is 10.9. The Bertz CT molecular complexity index is 517. The first-order valence-corrected chi connectivity index (χ1v) is 17.5. The first-order valence-electron chi connectivity index (χ1n) is 17.5. The molecule has 1 aliphatic heterocycles. The molecule has 1 rings (SSSR count). The van der Waals surface area contributed by atoms with Gasteiger partial charge in [-0.25, -0.2) is 0 Å². The van der Waals surface area contributed by atoms with E-state index in [0.29, 0.717) is 19.8 Å². The summed E-state index contributed by atoms with van der Waals surface area (Å²) in [5.41, 5.74) is 0. The quantitative estimate of drug-likeness (QED) is 0.0875. The van der Waals surface area contributed by atoms with Crippen LogP contribution in [-0.2, 0) is 18.9 Å². The highest BCUT2D eigenvalue weighted by molar-refractivity contribution is 4.90. The maximum Gasteiger partial charge on any atom is 0.186 e. The Kier molecular flexibility index (Phi) is 26.1. The third kappa shape index (κ3) is 19.0. The molecule has 6 nitrogen and oxygen atoms in total. The predicted octanol–water partition coefficient (Wildman–Crippen LogP) is 8.49. The summed E-state index contributed by atoms with van der Waals surface area (Å²) >= 11 is 0. The molecule has 6 heteroatoms. The highest BCUT2D eigenvalue weighted by atomic mass is 16.7. The summed E-state index contributed by atoms with van der Waals surface area (Å²) in [6.07, 6.45) is 23.4. The molecule has 40 heavy (non-hydrogen) atoms. The van der Waals surface area contributed by atoms with Crippen molar-refractivity contribution in [2.75, 3.05) is 26.4 Å². The summed E-state index contributed by atoms with van der Waals surface area (Å²) in [6, 6.07) is 0. The highest BCUT2D eigenvalue weighted by Crippen LogP contribution is 2.26. The van der Waals surface area contributed by atoms with E-state index in [9.17, 15) is 10.2 Å². The molecular weight excluding hydrogens is 504 g/mol. The first kappa shape index (κ1) is 37.8. The number of hydrogen-bond acceptors (Lipinski definition) is 6.